The van der Waals surface area contributed by atoms with Crippen LogP contribution in [0.3, 0.4) is 0 Å². The highest BCUT2D eigenvalue weighted by molar-refractivity contribution is 8.01. The van der Waals surface area contributed by atoms with Gasteiger partial charge in [-0.2, -0.15) is 11.8 Å². The lowest BCUT2D eigenvalue weighted by Crippen LogP contribution is -2.47. The van der Waals surface area contributed by atoms with Crippen molar-refractivity contribution in [1.29, 1.82) is 0 Å². The van der Waals surface area contributed by atoms with E-state index in [4.69, 9.17) is 17.3 Å². The Morgan fingerprint density at radius 1 is 1.50 bits per heavy atom. The van der Waals surface area contributed by atoms with Crippen LogP contribution in [0.2, 0.25) is 5.02 Å². The number of anilines is 1. The summed E-state index contributed by atoms with van der Waals surface area (Å²) in [6.45, 7) is 1.20. The van der Waals surface area contributed by atoms with E-state index in [1.54, 1.807) is 11.8 Å². The Bertz CT molecular complexity index is 578. The van der Waals surface area contributed by atoms with Gasteiger partial charge in [0.15, 0.2) is 9.84 Å². The van der Waals surface area contributed by atoms with Crippen molar-refractivity contribution in [2.24, 2.45) is 5.73 Å². The summed E-state index contributed by atoms with van der Waals surface area (Å²) in [5, 5.41) is 0.162. The van der Waals surface area contributed by atoms with Gasteiger partial charge in [0.2, 0.25) is 0 Å². The van der Waals surface area contributed by atoms with Crippen molar-refractivity contribution in [2.75, 3.05) is 35.8 Å². The van der Waals surface area contributed by atoms with Crippen LogP contribution in [0.15, 0.2) is 18.2 Å². The summed E-state index contributed by atoms with van der Waals surface area (Å²) in [5.74, 6) is 1.51. The molecule has 0 aliphatic carbocycles. The van der Waals surface area contributed by atoms with E-state index in [0.29, 0.717) is 30.3 Å². The highest BCUT2D eigenvalue weighted by atomic mass is 35.5. The van der Waals surface area contributed by atoms with E-state index in [0.717, 1.165) is 17.0 Å². The van der Waals surface area contributed by atoms with Gasteiger partial charge >= 0.3 is 0 Å². The first-order valence-electron chi connectivity index (χ1n) is 6.46. The van der Waals surface area contributed by atoms with E-state index in [2.05, 4.69) is 0 Å². The third-order valence-electron chi connectivity index (χ3n) is 3.38. The van der Waals surface area contributed by atoms with Crippen molar-refractivity contribution in [1.82, 2.24) is 0 Å². The van der Waals surface area contributed by atoms with Crippen LogP contribution < -0.4 is 10.6 Å². The number of halogens is 1. The van der Waals surface area contributed by atoms with Crippen LogP contribution in [0.5, 0.6) is 0 Å². The molecule has 0 spiro atoms. The second-order valence-electron chi connectivity index (χ2n) is 4.83. The molecule has 1 fully saturated rings. The Morgan fingerprint density at radius 2 is 2.25 bits per heavy atom. The molecule has 1 heterocycles. The fourth-order valence-corrected chi connectivity index (χ4v) is 5.52. The van der Waals surface area contributed by atoms with Crippen LogP contribution >= 0.6 is 23.4 Å². The van der Waals surface area contributed by atoms with Crippen LogP contribution in [0, 0.1) is 0 Å². The Labute approximate surface area is 129 Å². The quantitative estimate of drug-likeness (QED) is 0.909. The summed E-state index contributed by atoms with van der Waals surface area (Å²) in [6, 6.07) is 5.62. The van der Waals surface area contributed by atoms with Gasteiger partial charge in [-0.15, -0.1) is 0 Å². The molecule has 1 aromatic rings. The average Bonchev–Trinajstić information content (AvgIpc) is 2.40. The highest BCUT2D eigenvalue weighted by Crippen LogP contribution is 2.33. The second-order valence-corrected chi connectivity index (χ2v) is 8.59. The van der Waals surface area contributed by atoms with E-state index in [1.807, 2.05) is 23.1 Å². The van der Waals surface area contributed by atoms with Crippen molar-refractivity contribution >= 4 is 38.9 Å². The van der Waals surface area contributed by atoms with E-state index in [-0.39, 0.29) is 0 Å². The molecule has 0 bridgehead atoms. The Hall–Kier alpha value is -0.430. The lowest BCUT2D eigenvalue weighted by atomic mass is 10.1. The molecule has 112 valence electrons. The van der Waals surface area contributed by atoms with Crippen LogP contribution in [-0.4, -0.2) is 44.6 Å². The van der Waals surface area contributed by atoms with Crippen molar-refractivity contribution in [2.45, 2.75) is 11.8 Å². The molecule has 1 aliphatic heterocycles. The van der Waals surface area contributed by atoms with Gasteiger partial charge in [0.05, 0.1) is 0 Å². The number of hydrogen-bond donors (Lipinski definition) is 1. The average molecular weight is 335 g/mol. The van der Waals surface area contributed by atoms with Crippen molar-refractivity contribution in [3.63, 3.8) is 0 Å². The zero-order chi connectivity index (χ0) is 14.8. The molecule has 7 heteroatoms. The molecule has 0 amide bonds. The molecule has 1 aliphatic rings. The number of nitrogens with zero attached hydrogens (tertiary/aromatic N) is 1. The highest BCUT2D eigenvalue weighted by Gasteiger charge is 2.32. The number of hydrogen-bond acceptors (Lipinski definition) is 5. The number of thioether (sulfide) groups is 1. The summed E-state index contributed by atoms with van der Waals surface area (Å²) in [4.78, 5) is 1.96. The number of nitrogens with two attached hydrogens (primary N) is 1. The maximum absolute atomic E-state index is 12.0. The lowest BCUT2D eigenvalue weighted by Gasteiger charge is -2.37. The van der Waals surface area contributed by atoms with Gasteiger partial charge in [-0.25, -0.2) is 8.42 Å². The summed E-state index contributed by atoms with van der Waals surface area (Å²) in [6.07, 6.45) is 1.94. The minimum absolute atomic E-state index is 0.489. The molecule has 1 unspecified atom stereocenters. The molecule has 0 aromatic heterocycles. The standard InChI is InChI=1S/C13H19ClN2O2S2/c1-20(17,18)13-9-19-8-7-16(13)12-4-2-3-11(14)10(12)5-6-15/h2-4,13H,5-9,15H2,1H3. The summed E-state index contributed by atoms with van der Waals surface area (Å²) in [5.41, 5.74) is 7.49. The minimum Gasteiger partial charge on any atom is -0.353 e. The zero-order valence-corrected chi connectivity index (χ0v) is 13.8. The minimum atomic E-state index is -3.14. The SMILES string of the molecule is CS(=O)(=O)C1CSCCN1c1cccc(Cl)c1CCN. The number of benzene rings is 1. The number of rotatable bonds is 4. The Balaban J connectivity index is 2.45. The zero-order valence-electron chi connectivity index (χ0n) is 11.4. The molecule has 4 nitrogen and oxygen atoms in total. The molecule has 1 atom stereocenters. The predicted molar refractivity (Wildman–Crippen MR) is 87.5 cm³/mol. The molecular weight excluding hydrogens is 316 g/mol. The third-order valence-corrected chi connectivity index (χ3v) is 6.37. The second kappa shape index (κ2) is 6.56. The van der Waals surface area contributed by atoms with Gasteiger partial charge in [0.25, 0.3) is 0 Å². The lowest BCUT2D eigenvalue weighted by molar-refractivity contribution is 0.584. The molecule has 1 saturated heterocycles. The van der Waals surface area contributed by atoms with Gasteiger partial charge in [-0.3, -0.25) is 0 Å². The van der Waals surface area contributed by atoms with E-state index >= 15 is 0 Å². The fraction of sp³-hybridized carbons (Fsp3) is 0.538. The van der Waals surface area contributed by atoms with E-state index in [9.17, 15) is 8.42 Å². The number of sulfone groups is 1. The summed E-state index contributed by atoms with van der Waals surface area (Å²) >= 11 is 7.93. The van der Waals surface area contributed by atoms with Crippen molar-refractivity contribution in [3.8, 4) is 0 Å². The third kappa shape index (κ3) is 3.42. The molecule has 0 saturated carbocycles. The Kier molecular flexibility index (Phi) is 5.23. The van der Waals surface area contributed by atoms with Gasteiger partial charge < -0.3 is 10.6 Å². The predicted octanol–water partition coefficient (Wildman–Crippen LogP) is 1.77. The van der Waals surface area contributed by atoms with Gasteiger partial charge in [0.1, 0.15) is 5.37 Å². The first-order chi connectivity index (χ1) is 9.45. The smallest absolute Gasteiger partial charge is 0.169 e. The van der Waals surface area contributed by atoms with E-state index in [1.165, 1.54) is 6.26 Å². The van der Waals surface area contributed by atoms with E-state index < -0.39 is 15.2 Å². The maximum Gasteiger partial charge on any atom is 0.169 e. The van der Waals surface area contributed by atoms with Crippen LogP contribution in [0.25, 0.3) is 0 Å². The first-order valence-corrected chi connectivity index (χ1v) is 9.94. The van der Waals surface area contributed by atoms with Crippen molar-refractivity contribution < 1.29 is 8.42 Å². The normalized spacial score (nSPS) is 20.1. The van der Waals surface area contributed by atoms with Gasteiger partial charge in [-0.1, -0.05) is 17.7 Å². The fourth-order valence-electron chi connectivity index (χ4n) is 2.42. The summed E-state index contributed by atoms with van der Waals surface area (Å²) in [7, 11) is -3.14. The van der Waals surface area contributed by atoms with Crippen LogP contribution in [0.4, 0.5) is 5.69 Å². The van der Waals surface area contributed by atoms with Gasteiger partial charge in [0, 0.05) is 35.0 Å². The summed E-state index contributed by atoms with van der Waals surface area (Å²) < 4.78 is 24.0. The van der Waals surface area contributed by atoms with Crippen LogP contribution in [-0.2, 0) is 16.3 Å². The monoisotopic (exact) mass is 334 g/mol. The first kappa shape index (κ1) is 15.9. The largest absolute Gasteiger partial charge is 0.353 e. The molecule has 20 heavy (non-hydrogen) atoms. The van der Waals surface area contributed by atoms with Gasteiger partial charge in [-0.05, 0) is 30.7 Å². The van der Waals surface area contributed by atoms with Crippen molar-refractivity contribution in [3.05, 3.63) is 28.8 Å². The maximum atomic E-state index is 12.0. The molecular formula is C13H19ClN2O2S2. The molecule has 2 rings (SSSR count). The topological polar surface area (TPSA) is 63.4 Å². The Morgan fingerprint density at radius 3 is 2.90 bits per heavy atom. The van der Waals surface area contributed by atoms with Crippen LogP contribution in [0.1, 0.15) is 5.56 Å². The molecule has 1 aromatic carbocycles. The molecule has 0 radical (unpaired) electrons. The molecule has 2 N–H and O–H groups in total.